The minimum Gasteiger partial charge on any atom is -0.481 e. The molecule has 1 saturated heterocycles. The van der Waals surface area contributed by atoms with Gasteiger partial charge >= 0.3 is 5.97 Å². The maximum absolute atomic E-state index is 12.3. The van der Waals surface area contributed by atoms with Gasteiger partial charge in [-0.3, -0.25) is 4.79 Å². The van der Waals surface area contributed by atoms with Crippen molar-refractivity contribution in [3.05, 3.63) is 0 Å². The molecule has 2 aliphatic rings. The minimum absolute atomic E-state index is 0.453. The van der Waals surface area contributed by atoms with E-state index in [-0.39, 0.29) is 0 Å². The Kier molecular flexibility index (Phi) is 4.81. The van der Waals surface area contributed by atoms with Crippen LogP contribution in [0.2, 0.25) is 0 Å². The second kappa shape index (κ2) is 6.19. The Morgan fingerprint density at radius 3 is 2.26 bits per heavy atom. The summed E-state index contributed by atoms with van der Waals surface area (Å²) in [5.41, 5.74) is 0. The molecule has 6 nitrogen and oxygen atoms in total. The van der Waals surface area contributed by atoms with Gasteiger partial charge in [0.2, 0.25) is 0 Å². The van der Waals surface area contributed by atoms with Crippen molar-refractivity contribution in [3.63, 3.8) is 0 Å². The number of carboxylic acids is 1. The molecule has 2 rings (SSSR count). The van der Waals surface area contributed by atoms with E-state index in [0.717, 1.165) is 32.1 Å². The SMILES string of the molecule is O=C(O)C1CCCC1NS(=O)(=O)N1CCCCCC1. The van der Waals surface area contributed by atoms with Gasteiger partial charge in [0.05, 0.1) is 5.92 Å². The highest BCUT2D eigenvalue weighted by atomic mass is 32.2. The fourth-order valence-corrected chi connectivity index (χ4v) is 4.50. The molecular formula is C12H22N2O4S. The predicted molar refractivity (Wildman–Crippen MR) is 70.9 cm³/mol. The summed E-state index contributed by atoms with van der Waals surface area (Å²) in [6.45, 7) is 1.08. The molecule has 110 valence electrons. The van der Waals surface area contributed by atoms with E-state index >= 15 is 0 Å². The molecule has 1 aliphatic carbocycles. The lowest BCUT2D eigenvalue weighted by atomic mass is 10.1. The van der Waals surface area contributed by atoms with Crippen molar-refractivity contribution in [1.29, 1.82) is 0 Å². The zero-order chi connectivity index (χ0) is 13.9. The van der Waals surface area contributed by atoms with Gasteiger partial charge in [0.15, 0.2) is 0 Å². The summed E-state index contributed by atoms with van der Waals surface area (Å²) in [5.74, 6) is -1.48. The summed E-state index contributed by atoms with van der Waals surface area (Å²) in [5, 5.41) is 9.09. The average Bonchev–Trinajstić information content (AvgIpc) is 2.63. The lowest BCUT2D eigenvalue weighted by Crippen LogP contribution is -2.48. The number of nitrogens with zero attached hydrogens (tertiary/aromatic N) is 1. The Balaban J connectivity index is 2.01. The first kappa shape index (κ1) is 14.7. The molecular weight excluding hydrogens is 268 g/mol. The van der Waals surface area contributed by atoms with Gasteiger partial charge < -0.3 is 5.11 Å². The summed E-state index contributed by atoms with van der Waals surface area (Å²) >= 11 is 0. The molecule has 0 radical (unpaired) electrons. The highest BCUT2D eigenvalue weighted by Crippen LogP contribution is 2.27. The van der Waals surface area contributed by atoms with Crippen molar-refractivity contribution >= 4 is 16.2 Å². The fourth-order valence-electron chi connectivity index (χ4n) is 2.94. The van der Waals surface area contributed by atoms with E-state index in [4.69, 9.17) is 5.11 Å². The van der Waals surface area contributed by atoms with Gasteiger partial charge in [-0.25, -0.2) is 0 Å². The van der Waals surface area contributed by atoms with Crippen molar-refractivity contribution in [2.24, 2.45) is 5.92 Å². The van der Waals surface area contributed by atoms with Crippen LogP contribution in [0.15, 0.2) is 0 Å². The first-order valence-electron chi connectivity index (χ1n) is 7.01. The van der Waals surface area contributed by atoms with Crippen molar-refractivity contribution in [3.8, 4) is 0 Å². The second-order valence-electron chi connectivity index (χ2n) is 5.42. The number of hydrogen-bond donors (Lipinski definition) is 2. The van der Waals surface area contributed by atoms with Gasteiger partial charge in [-0.15, -0.1) is 0 Å². The van der Waals surface area contributed by atoms with Crippen LogP contribution in [0.1, 0.15) is 44.9 Å². The smallest absolute Gasteiger partial charge is 0.308 e. The van der Waals surface area contributed by atoms with Gasteiger partial charge in [0.1, 0.15) is 0 Å². The van der Waals surface area contributed by atoms with Gasteiger partial charge in [0.25, 0.3) is 10.2 Å². The number of carboxylic acid groups (broad SMARTS) is 1. The molecule has 19 heavy (non-hydrogen) atoms. The highest BCUT2D eigenvalue weighted by Gasteiger charge is 2.37. The average molecular weight is 290 g/mol. The van der Waals surface area contributed by atoms with Crippen LogP contribution in [-0.2, 0) is 15.0 Å². The first-order chi connectivity index (χ1) is 9.00. The fraction of sp³-hybridized carbons (Fsp3) is 0.917. The Labute approximate surface area is 114 Å². The molecule has 0 aromatic heterocycles. The lowest BCUT2D eigenvalue weighted by molar-refractivity contribution is -0.141. The van der Waals surface area contributed by atoms with E-state index in [0.29, 0.717) is 25.9 Å². The molecule has 0 aromatic rings. The first-order valence-corrected chi connectivity index (χ1v) is 8.45. The summed E-state index contributed by atoms with van der Waals surface area (Å²) in [4.78, 5) is 11.1. The molecule has 1 saturated carbocycles. The molecule has 1 heterocycles. The summed E-state index contributed by atoms with van der Waals surface area (Å²) in [6.07, 6.45) is 5.83. The second-order valence-corrected chi connectivity index (χ2v) is 7.12. The topological polar surface area (TPSA) is 86.7 Å². The Morgan fingerprint density at radius 1 is 1.05 bits per heavy atom. The van der Waals surface area contributed by atoms with Crippen molar-refractivity contribution in [1.82, 2.24) is 9.03 Å². The molecule has 2 fully saturated rings. The van der Waals surface area contributed by atoms with Gasteiger partial charge in [-0.05, 0) is 25.7 Å². The quantitative estimate of drug-likeness (QED) is 0.807. The molecule has 0 bridgehead atoms. The molecule has 2 N–H and O–H groups in total. The number of nitrogens with one attached hydrogen (secondary N) is 1. The van der Waals surface area contributed by atoms with Crippen LogP contribution in [0.25, 0.3) is 0 Å². The number of aliphatic carboxylic acids is 1. The Bertz CT molecular complexity index is 415. The van der Waals surface area contributed by atoms with Crippen LogP contribution in [0.3, 0.4) is 0 Å². The van der Waals surface area contributed by atoms with Crippen LogP contribution in [0.5, 0.6) is 0 Å². The molecule has 0 aromatic carbocycles. The molecule has 0 amide bonds. The van der Waals surface area contributed by atoms with Crippen molar-refractivity contribution in [2.75, 3.05) is 13.1 Å². The molecule has 1 aliphatic heterocycles. The zero-order valence-electron chi connectivity index (χ0n) is 11.0. The molecule has 7 heteroatoms. The van der Waals surface area contributed by atoms with Crippen LogP contribution in [-0.4, -0.2) is 42.9 Å². The van der Waals surface area contributed by atoms with E-state index in [1.807, 2.05) is 0 Å². The normalized spacial score (nSPS) is 30.1. The largest absolute Gasteiger partial charge is 0.481 e. The Hall–Kier alpha value is -0.660. The van der Waals surface area contributed by atoms with E-state index in [1.54, 1.807) is 0 Å². The van der Waals surface area contributed by atoms with Crippen LogP contribution >= 0.6 is 0 Å². The number of rotatable bonds is 4. The third-order valence-corrected chi connectivity index (χ3v) is 5.68. The molecule has 2 atom stereocenters. The summed E-state index contributed by atoms with van der Waals surface area (Å²) in [7, 11) is -3.54. The van der Waals surface area contributed by atoms with E-state index in [1.165, 1.54) is 4.31 Å². The third kappa shape index (κ3) is 3.67. The minimum atomic E-state index is -3.54. The molecule has 0 spiro atoms. The predicted octanol–water partition coefficient (Wildman–Crippen LogP) is 0.950. The van der Waals surface area contributed by atoms with Crippen LogP contribution < -0.4 is 4.72 Å². The monoisotopic (exact) mass is 290 g/mol. The highest BCUT2D eigenvalue weighted by molar-refractivity contribution is 7.87. The standard InChI is InChI=1S/C12H22N2O4S/c15-12(16)10-6-5-7-11(10)13-19(17,18)14-8-3-1-2-4-9-14/h10-11,13H,1-9H2,(H,15,16). The third-order valence-electron chi connectivity index (χ3n) is 4.04. The van der Waals surface area contributed by atoms with Gasteiger partial charge in [-0.1, -0.05) is 19.3 Å². The summed E-state index contributed by atoms with van der Waals surface area (Å²) < 4.78 is 28.6. The summed E-state index contributed by atoms with van der Waals surface area (Å²) in [6, 6.07) is -0.453. The van der Waals surface area contributed by atoms with Crippen LogP contribution in [0, 0.1) is 5.92 Å². The van der Waals surface area contributed by atoms with Gasteiger partial charge in [0, 0.05) is 19.1 Å². The zero-order valence-corrected chi connectivity index (χ0v) is 11.9. The van der Waals surface area contributed by atoms with Gasteiger partial charge in [-0.2, -0.15) is 17.4 Å². The van der Waals surface area contributed by atoms with E-state index in [2.05, 4.69) is 4.72 Å². The lowest BCUT2D eigenvalue weighted by Gasteiger charge is -2.24. The van der Waals surface area contributed by atoms with Crippen LogP contribution in [0.4, 0.5) is 0 Å². The number of hydrogen-bond acceptors (Lipinski definition) is 3. The van der Waals surface area contributed by atoms with Crippen molar-refractivity contribution in [2.45, 2.75) is 51.0 Å². The number of carbonyl (C=O) groups is 1. The van der Waals surface area contributed by atoms with E-state index in [9.17, 15) is 13.2 Å². The Morgan fingerprint density at radius 2 is 1.68 bits per heavy atom. The van der Waals surface area contributed by atoms with E-state index < -0.39 is 28.1 Å². The maximum atomic E-state index is 12.3. The maximum Gasteiger partial charge on any atom is 0.308 e. The molecule has 2 unspecified atom stereocenters. The van der Waals surface area contributed by atoms with Crippen molar-refractivity contribution < 1.29 is 18.3 Å².